The number of hydrogen-bond donors (Lipinski definition) is 4. The molecule has 0 unspecified atom stereocenters. The number of carboxylic acids is 1. The van der Waals surface area contributed by atoms with Crippen molar-refractivity contribution in [3.63, 3.8) is 0 Å². The Balaban J connectivity index is 1.09. The van der Waals surface area contributed by atoms with E-state index in [1.165, 1.54) is 9.47 Å². The maximum atomic E-state index is 15.0. The summed E-state index contributed by atoms with van der Waals surface area (Å²) in [5.41, 5.74) is -1.32. The molecule has 0 spiro atoms. The lowest BCUT2D eigenvalue weighted by Crippen LogP contribution is -2.59. The van der Waals surface area contributed by atoms with Crippen molar-refractivity contribution < 1.29 is 38.5 Å². The summed E-state index contributed by atoms with van der Waals surface area (Å²) < 4.78 is 27.0. The number of anilines is 3. The van der Waals surface area contributed by atoms with Gasteiger partial charge in [0.15, 0.2) is 29.8 Å². The van der Waals surface area contributed by atoms with E-state index in [1.54, 1.807) is 17.0 Å². The highest BCUT2D eigenvalue weighted by Gasteiger charge is 2.36. The number of aromatic nitrogens is 3. The van der Waals surface area contributed by atoms with E-state index >= 15 is 0 Å². The van der Waals surface area contributed by atoms with E-state index in [1.807, 2.05) is 0 Å². The van der Waals surface area contributed by atoms with Crippen molar-refractivity contribution in [2.45, 2.75) is 18.7 Å². The van der Waals surface area contributed by atoms with Gasteiger partial charge in [-0.05, 0) is 18.2 Å². The molecule has 4 N–H and O–H groups in total. The topological polar surface area (TPSA) is 188 Å². The summed E-state index contributed by atoms with van der Waals surface area (Å²) >= 11 is 0. The highest BCUT2D eigenvalue weighted by molar-refractivity contribution is 5.95. The maximum absolute atomic E-state index is 15.0. The Labute approximate surface area is 230 Å². The van der Waals surface area contributed by atoms with Crippen LogP contribution in [0.3, 0.4) is 0 Å². The normalized spacial score (nSPS) is 18.5. The molecule has 6 heterocycles. The number of halogens is 1. The second-order valence-electron chi connectivity index (χ2n) is 9.74. The molecule has 214 valence electrons. The molecule has 15 nitrogen and oxygen atoms in total. The van der Waals surface area contributed by atoms with Gasteiger partial charge in [0.05, 0.1) is 18.5 Å². The zero-order chi connectivity index (χ0) is 28.8. The Hall–Kier alpha value is -4.83. The lowest BCUT2D eigenvalue weighted by molar-refractivity contribution is -0.118. The average Bonchev–Trinajstić information content (AvgIpc) is 3.29. The lowest BCUT2D eigenvalue weighted by Gasteiger charge is -2.41. The summed E-state index contributed by atoms with van der Waals surface area (Å²) in [6.07, 6.45) is 0.0330. The molecular formula is C25H24FN7O8. The van der Waals surface area contributed by atoms with Gasteiger partial charge in [0.1, 0.15) is 23.1 Å². The van der Waals surface area contributed by atoms with Crippen molar-refractivity contribution in [1.82, 2.24) is 19.9 Å². The minimum atomic E-state index is -1.46. The zero-order valence-electron chi connectivity index (χ0n) is 21.4. The summed E-state index contributed by atoms with van der Waals surface area (Å²) in [7, 11) is 0. The van der Waals surface area contributed by atoms with Gasteiger partial charge in [-0.1, -0.05) is 0 Å². The number of rotatable bonds is 8. The largest absolute Gasteiger partial charge is 0.480 e. The van der Waals surface area contributed by atoms with Crippen molar-refractivity contribution >= 4 is 46.5 Å². The van der Waals surface area contributed by atoms with Gasteiger partial charge in [-0.3, -0.25) is 14.5 Å². The Kier molecular flexibility index (Phi) is 6.63. The summed E-state index contributed by atoms with van der Waals surface area (Å²) in [6.45, 7) is 0.843. The van der Waals surface area contributed by atoms with Crippen LogP contribution < -0.4 is 30.6 Å². The van der Waals surface area contributed by atoms with E-state index in [0.29, 0.717) is 31.2 Å². The first-order chi connectivity index (χ1) is 19.7. The fourth-order valence-electron chi connectivity index (χ4n) is 4.93. The van der Waals surface area contributed by atoms with Crippen LogP contribution in [0.2, 0.25) is 0 Å². The number of aliphatic hydroxyl groups excluding tert-OH is 1. The predicted octanol–water partition coefficient (Wildman–Crippen LogP) is -0.244. The van der Waals surface area contributed by atoms with Crippen molar-refractivity contribution in [2.75, 3.05) is 54.5 Å². The van der Waals surface area contributed by atoms with Gasteiger partial charge < -0.3 is 39.8 Å². The second-order valence-corrected chi connectivity index (χ2v) is 9.74. The summed E-state index contributed by atoms with van der Waals surface area (Å²) in [5, 5.41) is 24.4. The van der Waals surface area contributed by atoms with E-state index in [-0.39, 0.29) is 60.9 Å². The number of carbonyl (C=O) groups excluding carboxylic acids is 2. The summed E-state index contributed by atoms with van der Waals surface area (Å²) in [4.78, 5) is 59.7. The molecule has 1 atom stereocenters. The molecule has 3 aromatic rings. The molecule has 3 aromatic heterocycles. The molecule has 6 rings (SSSR count). The average molecular weight is 570 g/mol. The number of amides is 2. The van der Waals surface area contributed by atoms with Crippen molar-refractivity contribution in [1.29, 1.82) is 0 Å². The Morgan fingerprint density at radius 3 is 2.76 bits per heavy atom. The second kappa shape index (κ2) is 10.3. The fourth-order valence-corrected chi connectivity index (χ4v) is 4.93. The first-order valence-electron chi connectivity index (χ1n) is 12.7. The number of ether oxygens (including phenoxy) is 2. The van der Waals surface area contributed by atoms with Gasteiger partial charge in [-0.25, -0.2) is 23.9 Å². The number of aliphatic hydroxyl groups is 1. The first kappa shape index (κ1) is 26.4. The Morgan fingerprint density at radius 2 is 2.00 bits per heavy atom. The van der Waals surface area contributed by atoms with E-state index < -0.39 is 35.0 Å². The first-order valence-corrected chi connectivity index (χ1v) is 12.7. The van der Waals surface area contributed by atoms with Crippen LogP contribution >= 0.6 is 0 Å². The van der Waals surface area contributed by atoms with Crippen molar-refractivity contribution in [3.05, 3.63) is 46.0 Å². The molecule has 3 aliphatic rings. The standard InChI is InChI=1S/C25H24FN7O8/c26-16-5-14-20(36)15(24(37)38)10-31(3-4-34)22(14)30-23(16)32-7-12(8-32)27-6-13-9-33(25(39)41-13)18-2-1-17-21(28-18)29-19(35)11-40-17/h1-2,5,10,12-13,27,34H,3-4,6-9,11H2,(H,37,38)(H,28,29,35)/t13-/m1/s1. The third-order valence-corrected chi connectivity index (χ3v) is 6.98. The molecule has 3 aliphatic heterocycles. The third-order valence-electron chi connectivity index (χ3n) is 6.98. The molecule has 0 aliphatic carbocycles. The molecule has 0 bridgehead atoms. The van der Waals surface area contributed by atoms with E-state index in [2.05, 4.69) is 20.6 Å². The van der Waals surface area contributed by atoms with E-state index in [0.717, 1.165) is 12.3 Å². The van der Waals surface area contributed by atoms with Gasteiger partial charge in [-0.15, -0.1) is 0 Å². The minimum absolute atomic E-state index is 0.00209. The third kappa shape index (κ3) is 4.87. The van der Waals surface area contributed by atoms with E-state index in [9.17, 15) is 33.8 Å². The molecule has 2 amide bonds. The fraction of sp³-hybridized carbons (Fsp3) is 0.360. The SMILES string of the molecule is O=C1COc2ccc(N3C[C@@H](CNC4CN(c5nc6c(cc5F)c(=O)c(C(=O)O)cn6CCO)C4)OC3=O)nc2N1. The number of cyclic esters (lactones) is 1. The Bertz CT molecular complexity index is 1640. The summed E-state index contributed by atoms with van der Waals surface area (Å²) in [6, 6.07) is 4.13. The van der Waals surface area contributed by atoms with Crippen LogP contribution in [-0.2, 0) is 16.1 Å². The number of hydrogen-bond acceptors (Lipinski definition) is 11. The zero-order valence-corrected chi connectivity index (χ0v) is 21.4. The monoisotopic (exact) mass is 569 g/mol. The number of pyridine rings is 3. The Morgan fingerprint density at radius 1 is 1.20 bits per heavy atom. The van der Waals surface area contributed by atoms with Crippen LogP contribution in [0.4, 0.5) is 26.6 Å². The molecule has 0 aromatic carbocycles. The van der Waals surface area contributed by atoms with Gasteiger partial charge in [0.25, 0.3) is 5.91 Å². The van der Waals surface area contributed by atoms with Crippen LogP contribution in [-0.4, -0.2) is 94.3 Å². The maximum Gasteiger partial charge on any atom is 0.416 e. The van der Waals surface area contributed by atoms with Gasteiger partial charge >= 0.3 is 12.1 Å². The molecule has 41 heavy (non-hydrogen) atoms. The number of fused-ring (bicyclic) bond motifs is 2. The minimum Gasteiger partial charge on any atom is -0.480 e. The van der Waals surface area contributed by atoms with Crippen LogP contribution in [0.5, 0.6) is 5.75 Å². The molecule has 0 radical (unpaired) electrons. The molecule has 2 fully saturated rings. The van der Waals surface area contributed by atoms with Crippen LogP contribution in [0.25, 0.3) is 11.0 Å². The number of nitrogens with zero attached hydrogens (tertiary/aromatic N) is 5. The van der Waals surface area contributed by atoms with Gasteiger partial charge in [0.2, 0.25) is 5.43 Å². The van der Waals surface area contributed by atoms with Gasteiger partial charge in [-0.2, -0.15) is 0 Å². The van der Waals surface area contributed by atoms with Crippen LogP contribution in [0, 0.1) is 5.82 Å². The smallest absolute Gasteiger partial charge is 0.416 e. The highest BCUT2D eigenvalue weighted by Crippen LogP contribution is 2.30. The summed E-state index contributed by atoms with van der Waals surface area (Å²) in [5.74, 6) is -1.62. The van der Waals surface area contributed by atoms with E-state index in [4.69, 9.17) is 9.47 Å². The van der Waals surface area contributed by atoms with Crippen LogP contribution in [0.1, 0.15) is 10.4 Å². The number of aromatic carboxylic acids is 1. The number of carboxylic acid groups (broad SMARTS) is 1. The lowest BCUT2D eigenvalue weighted by atomic mass is 10.1. The molecule has 2 saturated heterocycles. The number of nitrogens with one attached hydrogen (secondary N) is 2. The molecule has 0 saturated carbocycles. The van der Waals surface area contributed by atoms with Crippen molar-refractivity contribution in [2.24, 2.45) is 0 Å². The molecular weight excluding hydrogens is 545 g/mol. The quantitative estimate of drug-likeness (QED) is 0.279. The molecule has 16 heteroatoms. The van der Waals surface area contributed by atoms with Crippen molar-refractivity contribution in [3.8, 4) is 5.75 Å². The predicted molar refractivity (Wildman–Crippen MR) is 140 cm³/mol. The van der Waals surface area contributed by atoms with Crippen LogP contribution in [0.15, 0.2) is 29.2 Å². The highest BCUT2D eigenvalue weighted by atomic mass is 19.1. The van der Waals surface area contributed by atoms with Gasteiger partial charge in [0, 0.05) is 38.4 Å². The number of carbonyl (C=O) groups is 3.